The third-order valence-corrected chi connectivity index (χ3v) is 6.46. The van der Waals surface area contributed by atoms with Crippen molar-refractivity contribution in [3.05, 3.63) is 65.9 Å². The highest BCUT2D eigenvalue weighted by molar-refractivity contribution is 8.02. The Bertz CT molecular complexity index is 1120. The maximum atomic E-state index is 13.0. The average Bonchev–Trinajstić information content (AvgIpc) is 3.32. The van der Waals surface area contributed by atoms with Crippen LogP contribution in [-0.4, -0.2) is 22.7 Å². The van der Waals surface area contributed by atoms with E-state index < -0.39 is 5.25 Å². The third kappa shape index (κ3) is 4.60. The number of aromatic nitrogens is 2. The monoisotopic (exact) mass is 425 g/mol. The zero-order valence-electron chi connectivity index (χ0n) is 15.9. The molecule has 0 saturated heterocycles. The van der Waals surface area contributed by atoms with Gasteiger partial charge in [-0.3, -0.25) is 4.79 Å². The minimum Gasteiger partial charge on any atom is -0.494 e. The predicted octanol–water partition coefficient (Wildman–Crippen LogP) is 5.46. The summed E-state index contributed by atoms with van der Waals surface area (Å²) < 4.78 is 12.5. The van der Waals surface area contributed by atoms with Crippen LogP contribution < -0.4 is 10.1 Å². The first-order valence-electron chi connectivity index (χ1n) is 9.11. The molecule has 0 aliphatic rings. The highest BCUT2D eigenvalue weighted by Crippen LogP contribution is 2.40. The van der Waals surface area contributed by atoms with Gasteiger partial charge in [0.2, 0.25) is 5.91 Å². The number of thioether (sulfide) groups is 1. The fraction of sp³-hybridized carbons (Fsp3) is 0.190. The number of hydrogen-bond acceptors (Lipinski definition) is 7. The molecule has 4 rings (SSSR count). The molecule has 1 atom stereocenters. The first kappa shape index (κ1) is 19.5. The van der Waals surface area contributed by atoms with Crippen LogP contribution in [-0.2, 0) is 4.79 Å². The molecule has 6 nitrogen and oxygen atoms in total. The minimum absolute atomic E-state index is 0.177. The molecule has 4 aromatic rings. The topological polar surface area (TPSA) is 77.2 Å². The number of anilines is 1. The number of benzene rings is 2. The Balaban J connectivity index is 1.61. The molecule has 2 aromatic heterocycles. The zero-order chi connectivity index (χ0) is 20.2. The summed E-state index contributed by atoms with van der Waals surface area (Å²) in [6, 6.07) is 17.2. The van der Waals surface area contributed by atoms with Crippen LogP contribution in [0.25, 0.3) is 10.2 Å². The van der Waals surface area contributed by atoms with Gasteiger partial charge in [-0.2, -0.15) is 0 Å². The summed E-state index contributed by atoms with van der Waals surface area (Å²) in [4.78, 5) is 17.7. The molecule has 0 aliphatic heterocycles. The van der Waals surface area contributed by atoms with E-state index in [9.17, 15) is 4.79 Å². The molecule has 1 amide bonds. The number of aryl methyl sites for hydroxylation is 1. The van der Waals surface area contributed by atoms with Gasteiger partial charge < -0.3 is 14.6 Å². The van der Waals surface area contributed by atoms with Crippen molar-refractivity contribution in [2.24, 2.45) is 0 Å². The van der Waals surface area contributed by atoms with Gasteiger partial charge >= 0.3 is 0 Å². The van der Waals surface area contributed by atoms with Crippen molar-refractivity contribution >= 4 is 45.0 Å². The molecule has 0 unspecified atom stereocenters. The molecular weight excluding hydrogens is 406 g/mol. The van der Waals surface area contributed by atoms with Crippen LogP contribution in [0.5, 0.6) is 5.75 Å². The Morgan fingerprint density at radius 3 is 2.79 bits per heavy atom. The van der Waals surface area contributed by atoms with Gasteiger partial charge in [-0.05, 0) is 37.6 Å². The van der Waals surface area contributed by atoms with Crippen molar-refractivity contribution in [2.45, 2.75) is 23.4 Å². The standard InChI is InChI=1S/C21H19N3O3S2/c1-3-26-15-9-10-16-17(12-15)28-21(22-16)29-19(14-7-5-4-6-8-14)20(25)23-18-11-13(2)27-24-18/h4-12,19H,3H2,1-2H3,(H,23,24,25)/t19-/m0/s1. The van der Waals surface area contributed by atoms with E-state index >= 15 is 0 Å². The van der Waals surface area contributed by atoms with Crippen LogP contribution in [0.1, 0.15) is 23.5 Å². The fourth-order valence-electron chi connectivity index (χ4n) is 2.81. The van der Waals surface area contributed by atoms with Crippen LogP contribution in [0.2, 0.25) is 0 Å². The number of thiazole rings is 1. The van der Waals surface area contributed by atoms with Gasteiger partial charge in [0, 0.05) is 6.07 Å². The second-order valence-corrected chi connectivity index (χ2v) is 8.65. The molecule has 0 saturated carbocycles. The van der Waals surface area contributed by atoms with Crippen molar-refractivity contribution in [3.63, 3.8) is 0 Å². The molecule has 2 heterocycles. The highest BCUT2D eigenvalue weighted by Gasteiger charge is 2.24. The lowest BCUT2D eigenvalue weighted by Gasteiger charge is -2.14. The largest absolute Gasteiger partial charge is 0.494 e. The number of amides is 1. The lowest BCUT2D eigenvalue weighted by molar-refractivity contribution is -0.115. The highest BCUT2D eigenvalue weighted by atomic mass is 32.2. The van der Waals surface area contributed by atoms with Gasteiger partial charge in [-0.1, -0.05) is 47.3 Å². The van der Waals surface area contributed by atoms with Crippen LogP contribution in [0.15, 0.2) is 63.5 Å². The fourth-order valence-corrected chi connectivity index (χ4v) is 5.10. The van der Waals surface area contributed by atoms with Crippen molar-refractivity contribution in [1.29, 1.82) is 0 Å². The summed E-state index contributed by atoms with van der Waals surface area (Å²) in [5.74, 6) is 1.68. The molecule has 0 fully saturated rings. The third-order valence-electron chi connectivity index (χ3n) is 4.09. The SMILES string of the molecule is CCOc1ccc2nc(S[C@H](C(=O)Nc3cc(C)on3)c3ccccc3)sc2c1. The van der Waals surface area contributed by atoms with Crippen molar-refractivity contribution in [2.75, 3.05) is 11.9 Å². The molecule has 2 aromatic carbocycles. The maximum Gasteiger partial charge on any atom is 0.243 e. The summed E-state index contributed by atoms with van der Waals surface area (Å²) in [7, 11) is 0. The van der Waals surface area contributed by atoms with Gasteiger partial charge in [0.15, 0.2) is 10.2 Å². The minimum atomic E-state index is -0.472. The van der Waals surface area contributed by atoms with E-state index in [4.69, 9.17) is 9.26 Å². The number of ether oxygens (including phenoxy) is 1. The number of carbonyl (C=O) groups is 1. The first-order valence-corrected chi connectivity index (χ1v) is 10.8. The molecule has 1 N–H and O–H groups in total. The van der Waals surface area contributed by atoms with Crippen LogP contribution in [0.4, 0.5) is 5.82 Å². The number of carbonyl (C=O) groups excluding carboxylic acids is 1. The van der Waals surface area contributed by atoms with Gasteiger partial charge in [-0.25, -0.2) is 4.98 Å². The van der Waals surface area contributed by atoms with E-state index in [2.05, 4.69) is 15.5 Å². The second kappa shape index (κ2) is 8.67. The van der Waals surface area contributed by atoms with Crippen molar-refractivity contribution < 1.29 is 14.1 Å². The summed E-state index contributed by atoms with van der Waals surface area (Å²) >= 11 is 2.96. The smallest absolute Gasteiger partial charge is 0.243 e. The van der Waals surface area contributed by atoms with E-state index in [0.29, 0.717) is 18.2 Å². The average molecular weight is 426 g/mol. The molecule has 29 heavy (non-hydrogen) atoms. The summed E-state index contributed by atoms with van der Waals surface area (Å²) in [6.45, 7) is 4.35. The molecule has 8 heteroatoms. The second-order valence-electron chi connectivity index (χ2n) is 6.26. The Hall–Kier alpha value is -2.84. The van der Waals surface area contributed by atoms with Crippen molar-refractivity contribution in [3.8, 4) is 5.75 Å². The van der Waals surface area contributed by atoms with E-state index in [-0.39, 0.29) is 5.91 Å². The Morgan fingerprint density at radius 1 is 1.24 bits per heavy atom. The number of rotatable bonds is 7. The Kier molecular flexibility index (Phi) is 5.82. The summed E-state index contributed by atoms with van der Waals surface area (Å²) in [5, 5.41) is 6.22. The molecule has 0 aliphatic carbocycles. The number of hydrogen-bond donors (Lipinski definition) is 1. The summed E-state index contributed by atoms with van der Waals surface area (Å²) in [6.07, 6.45) is 0. The van der Waals surface area contributed by atoms with Crippen LogP contribution in [0, 0.1) is 6.92 Å². The summed E-state index contributed by atoms with van der Waals surface area (Å²) in [5.41, 5.74) is 1.78. The van der Waals surface area contributed by atoms with E-state index in [1.165, 1.54) is 11.8 Å². The van der Waals surface area contributed by atoms with Crippen LogP contribution in [0.3, 0.4) is 0 Å². The maximum absolute atomic E-state index is 13.0. The lowest BCUT2D eigenvalue weighted by atomic mass is 10.1. The van der Waals surface area contributed by atoms with E-state index in [1.54, 1.807) is 24.3 Å². The first-order chi connectivity index (χ1) is 14.1. The normalized spacial score (nSPS) is 12.1. The molecular formula is C21H19N3O3S2. The van der Waals surface area contributed by atoms with Crippen LogP contribution >= 0.6 is 23.1 Å². The van der Waals surface area contributed by atoms with Gasteiger partial charge in [-0.15, -0.1) is 11.3 Å². The van der Waals surface area contributed by atoms with Gasteiger partial charge in [0.05, 0.1) is 16.8 Å². The number of nitrogens with zero attached hydrogens (tertiary/aromatic N) is 2. The Labute approximate surface area is 176 Å². The predicted molar refractivity (Wildman–Crippen MR) is 116 cm³/mol. The molecule has 148 valence electrons. The Morgan fingerprint density at radius 2 is 2.07 bits per heavy atom. The number of fused-ring (bicyclic) bond motifs is 1. The quantitative estimate of drug-likeness (QED) is 0.396. The lowest BCUT2D eigenvalue weighted by Crippen LogP contribution is -2.19. The molecule has 0 radical (unpaired) electrons. The molecule has 0 bridgehead atoms. The van der Waals surface area contributed by atoms with E-state index in [0.717, 1.165) is 25.9 Å². The van der Waals surface area contributed by atoms with Gasteiger partial charge in [0.25, 0.3) is 0 Å². The molecule has 0 spiro atoms. The van der Waals surface area contributed by atoms with E-state index in [1.807, 2.05) is 55.5 Å². The zero-order valence-corrected chi connectivity index (χ0v) is 17.5. The van der Waals surface area contributed by atoms with Crippen molar-refractivity contribution in [1.82, 2.24) is 10.1 Å². The van der Waals surface area contributed by atoms with Gasteiger partial charge in [0.1, 0.15) is 16.8 Å². The number of nitrogens with one attached hydrogen (secondary N) is 1.